The van der Waals surface area contributed by atoms with Crippen LogP contribution in [-0.4, -0.2) is 14.9 Å². The number of rotatable bonds is 2. The zero-order valence-electron chi connectivity index (χ0n) is 9.48. The van der Waals surface area contributed by atoms with Gasteiger partial charge < -0.3 is 5.11 Å². The first-order valence-electron chi connectivity index (χ1n) is 5.09. The third-order valence-corrected chi connectivity index (χ3v) is 3.56. The number of aliphatic hydroxyl groups is 1. The van der Waals surface area contributed by atoms with Crippen molar-refractivity contribution in [3.63, 3.8) is 0 Å². The molecule has 0 aliphatic heterocycles. The van der Waals surface area contributed by atoms with Gasteiger partial charge in [0, 0.05) is 12.1 Å². The molecule has 3 nitrogen and oxygen atoms in total. The summed E-state index contributed by atoms with van der Waals surface area (Å²) in [7, 11) is 1.79. The number of aryl methyl sites for hydroxylation is 1. The Morgan fingerprint density at radius 2 is 2.18 bits per heavy atom. The lowest BCUT2D eigenvalue weighted by Crippen LogP contribution is -2.26. The van der Waals surface area contributed by atoms with E-state index in [9.17, 15) is 5.11 Å². The van der Waals surface area contributed by atoms with Gasteiger partial charge in [-0.1, -0.05) is 23.7 Å². The summed E-state index contributed by atoms with van der Waals surface area (Å²) in [6, 6.07) is 7.18. The fourth-order valence-corrected chi connectivity index (χ4v) is 2.81. The molecule has 2 aromatic rings. The van der Waals surface area contributed by atoms with E-state index in [0.717, 1.165) is 10.0 Å². The van der Waals surface area contributed by atoms with E-state index in [1.165, 1.54) is 0 Å². The van der Waals surface area contributed by atoms with Crippen LogP contribution in [0.4, 0.5) is 0 Å². The Labute approximate surface area is 113 Å². The van der Waals surface area contributed by atoms with Crippen LogP contribution >= 0.6 is 27.5 Å². The summed E-state index contributed by atoms with van der Waals surface area (Å²) < 4.78 is 2.41. The third-order valence-electron chi connectivity index (χ3n) is 2.74. The second-order valence-electron chi connectivity index (χ2n) is 4.05. The quantitative estimate of drug-likeness (QED) is 0.925. The Bertz CT molecular complexity index is 532. The summed E-state index contributed by atoms with van der Waals surface area (Å²) in [6.07, 6.45) is 1.66. The maximum Gasteiger partial charge on any atom is 0.129 e. The van der Waals surface area contributed by atoms with Crippen molar-refractivity contribution in [3.05, 3.63) is 51.2 Å². The van der Waals surface area contributed by atoms with Gasteiger partial charge in [0.2, 0.25) is 0 Å². The number of benzene rings is 1. The minimum absolute atomic E-state index is 0.598. The maximum atomic E-state index is 10.7. The van der Waals surface area contributed by atoms with Gasteiger partial charge >= 0.3 is 0 Å². The summed E-state index contributed by atoms with van der Waals surface area (Å²) >= 11 is 9.34. The predicted octanol–water partition coefficient (Wildman–Crippen LogP) is 3.09. The largest absolute Gasteiger partial charge is 0.379 e. The maximum absolute atomic E-state index is 10.7. The lowest BCUT2D eigenvalue weighted by molar-refractivity contribution is 0.0921. The average Bonchev–Trinajstić information content (AvgIpc) is 2.59. The minimum atomic E-state index is -1.14. The standard InChI is InChI=1S/C12H12BrClN2O/c1-12(17,8-4-3-5-9(14)6-8)11-10(13)7-15-16(11)2/h3-7,17H,1-2H3. The smallest absolute Gasteiger partial charge is 0.129 e. The van der Waals surface area contributed by atoms with Crippen LogP contribution in [0.15, 0.2) is 34.9 Å². The molecule has 0 aliphatic rings. The van der Waals surface area contributed by atoms with Crippen LogP contribution in [-0.2, 0) is 12.6 Å². The lowest BCUT2D eigenvalue weighted by atomic mass is 9.92. The first kappa shape index (κ1) is 12.6. The molecule has 0 saturated carbocycles. The molecule has 17 heavy (non-hydrogen) atoms. The Hall–Kier alpha value is -0.840. The van der Waals surface area contributed by atoms with E-state index >= 15 is 0 Å². The molecular formula is C12H12BrClN2O. The van der Waals surface area contributed by atoms with Crippen LogP contribution in [0.3, 0.4) is 0 Å². The van der Waals surface area contributed by atoms with Crippen LogP contribution in [0.5, 0.6) is 0 Å². The Balaban J connectivity index is 2.57. The van der Waals surface area contributed by atoms with Crippen molar-refractivity contribution in [1.82, 2.24) is 9.78 Å². The second-order valence-corrected chi connectivity index (χ2v) is 5.34. The van der Waals surface area contributed by atoms with Crippen LogP contribution in [0.2, 0.25) is 5.02 Å². The van der Waals surface area contributed by atoms with E-state index in [2.05, 4.69) is 21.0 Å². The summed E-state index contributed by atoms with van der Waals surface area (Å²) in [5.41, 5.74) is 0.281. The Morgan fingerprint density at radius 3 is 2.71 bits per heavy atom. The molecule has 5 heteroatoms. The predicted molar refractivity (Wildman–Crippen MR) is 71.0 cm³/mol. The number of nitrogens with zero attached hydrogens (tertiary/aromatic N) is 2. The molecule has 0 amide bonds. The molecular weight excluding hydrogens is 304 g/mol. The molecule has 0 radical (unpaired) electrons. The van der Waals surface area contributed by atoms with Crippen molar-refractivity contribution in [3.8, 4) is 0 Å². The van der Waals surface area contributed by atoms with Gasteiger partial charge in [-0.2, -0.15) is 5.10 Å². The fraction of sp³-hybridized carbons (Fsp3) is 0.250. The average molecular weight is 316 g/mol. The summed E-state index contributed by atoms with van der Waals surface area (Å²) in [5.74, 6) is 0. The topological polar surface area (TPSA) is 38.0 Å². The number of hydrogen-bond acceptors (Lipinski definition) is 2. The molecule has 0 fully saturated rings. The van der Waals surface area contributed by atoms with Gasteiger partial charge in [0.15, 0.2) is 0 Å². The SMILES string of the molecule is Cn1ncc(Br)c1C(C)(O)c1cccc(Cl)c1. The Morgan fingerprint density at radius 1 is 1.47 bits per heavy atom. The van der Waals surface area contributed by atoms with Crippen LogP contribution in [0.1, 0.15) is 18.2 Å². The van der Waals surface area contributed by atoms with Crippen LogP contribution in [0.25, 0.3) is 0 Å². The van der Waals surface area contributed by atoms with Crippen molar-refractivity contribution in [2.75, 3.05) is 0 Å². The highest BCUT2D eigenvalue weighted by Gasteiger charge is 2.31. The highest BCUT2D eigenvalue weighted by molar-refractivity contribution is 9.10. The van der Waals surface area contributed by atoms with Crippen LogP contribution in [0, 0.1) is 0 Å². The lowest BCUT2D eigenvalue weighted by Gasteiger charge is -2.25. The van der Waals surface area contributed by atoms with Crippen molar-refractivity contribution in [1.29, 1.82) is 0 Å². The normalized spacial score (nSPS) is 14.6. The van der Waals surface area contributed by atoms with Crippen LogP contribution < -0.4 is 0 Å². The molecule has 1 unspecified atom stereocenters. The van der Waals surface area contributed by atoms with Gasteiger partial charge in [-0.05, 0) is 40.5 Å². The second kappa shape index (κ2) is 4.44. The summed E-state index contributed by atoms with van der Waals surface area (Å²) in [4.78, 5) is 0. The zero-order chi connectivity index (χ0) is 12.6. The van der Waals surface area contributed by atoms with Crippen molar-refractivity contribution in [2.24, 2.45) is 7.05 Å². The first-order chi connectivity index (χ1) is 7.93. The molecule has 1 heterocycles. The zero-order valence-corrected chi connectivity index (χ0v) is 11.8. The van der Waals surface area contributed by atoms with Gasteiger partial charge in [-0.3, -0.25) is 4.68 Å². The molecule has 0 aliphatic carbocycles. The van der Waals surface area contributed by atoms with E-state index in [-0.39, 0.29) is 0 Å². The Kier molecular flexibility index (Phi) is 3.30. The van der Waals surface area contributed by atoms with Crippen molar-refractivity contribution >= 4 is 27.5 Å². The van der Waals surface area contributed by atoms with Crippen molar-refractivity contribution < 1.29 is 5.11 Å². The molecule has 2 rings (SSSR count). The molecule has 1 aromatic heterocycles. The van der Waals surface area contributed by atoms with E-state index in [4.69, 9.17) is 11.6 Å². The number of hydrogen-bond donors (Lipinski definition) is 1. The summed E-state index contributed by atoms with van der Waals surface area (Å²) in [6.45, 7) is 1.72. The van der Waals surface area contributed by atoms with Gasteiger partial charge in [-0.25, -0.2) is 0 Å². The monoisotopic (exact) mass is 314 g/mol. The third kappa shape index (κ3) is 2.25. The minimum Gasteiger partial charge on any atom is -0.379 e. The van der Waals surface area contributed by atoms with E-state index < -0.39 is 5.60 Å². The number of aromatic nitrogens is 2. The van der Waals surface area contributed by atoms with Gasteiger partial charge in [0.05, 0.1) is 16.4 Å². The molecule has 0 bridgehead atoms. The van der Waals surface area contributed by atoms with E-state index in [1.54, 1.807) is 37.0 Å². The van der Waals surface area contributed by atoms with E-state index in [1.807, 2.05) is 12.1 Å². The van der Waals surface area contributed by atoms with Crippen molar-refractivity contribution in [2.45, 2.75) is 12.5 Å². The highest BCUT2D eigenvalue weighted by atomic mass is 79.9. The molecule has 0 spiro atoms. The van der Waals surface area contributed by atoms with E-state index in [0.29, 0.717) is 10.7 Å². The molecule has 1 aromatic carbocycles. The fourth-order valence-electron chi connectivity index (χ4n) is 1.89. The molecule has 1 atom stereocenters. The van der Waals surface area contributed by atoms with Gasteiger partial charge in [0.25, 0.3) is 0 Å². The van der Waals surface area contributed by atoms with Gasteiger partial charge in [0.1, 0.15) is 5.60 Å². The molecule has 0 saturated heterocycles. The highest BCUT2D eigenvalue weighted by Crippen LogP contribution is 2.34. The summed E-state index contributed by atoms with van der Waals surface area (Å²) in [5, 5.41) is 15.4. The van der Waals surface area contributed by atoms with Gasteiger partial charge in [-0.15, -0.1) is 0 Å². The first-order valence-corrected chi connectivity index (χ1v) is 6.26. The molecule has 90 valence electrons. The number of halogens is 2. The molecule has 1 N–H and O–H groups in total.